The summed E-state index contributed by atoms with van der Waals surface area (Å²) in [5.41, 5.74) is 0.962. The first-order valence-electron chi connectivity index (χ1n) is 4.52. The lowest BCUT2D eigenvalue weighted by molar-refractivity contribution is 0.214. The molecule has 0 aromatic rings. The van der Waals surface area contributed by atoms with Crippen LogP contribution in [0.4, 0.5) is 0 Å². The van der Waals surface area contributed by atoms with Gasteiger partial charge in [0.1, 0.15) is 5.76 Å². The minimum absolute atomic E-state index is 0.248. The molecule has 0 bridgehead atoms. The number of aliphatic hydroxyl groups excluding tert-OH is 1. The van der Waals surface area contributed by atoms with Gasteiger partial charge in [-0.25, -0.2) is 0 Å². The first kappa shape index (κ1) is 9.90. The average molecular weight is 179 g/mol. The van der Waals surface area contributed by atoms with Crippen LogP contribution in [0.15, 0.2) is 35.3 Å². The molecule has 0 saturated carbocycles. The van der Waals surface area contributed by atoms with E-state index in [9.17, 15) is 5.11 Å². The van der Waals surface area contributed by atoms with Crippen molar-refractivity contribution in [3.05, 3.63) is 41.7 Å². The van der Waals surface area contributed by atoms with Crippen LogP contribution in [0, 0.1) is 6.42 Å². The van der Waals surface area contributed by atoms with Gasteiger partial charge < -0.3 is 9.84 Å². The SMILES string of the molecule is CC=CC1=CC[CH]C(O)=C1OCC. The fraction of sp³-hybridized carbons (Fsp3) is 0.364. The summed E-state index contributed by atoms with van der Waals surface area (Å²) in [7, 11) is 0. The molecule has 0 aliphatic heterocycles. The van der Waals surface area contributed by atoms with Crippen molar-refractivity contribution in [2.45, 2.75) is 20.3 Å². The van der Waals surface area contributed by atoms with Crippen molar-refractivity contribution in [3.63, 3.8) is 0 Å². The van der Waals surface area contributed by atoms with E-state index in [1.165, 1.54) is 0 Å². The second-order valence-electron chi connectivity index (χ2n) is 2.75. The Hall–Kier alpha value is -1.18. The molecule has 0 spiro atoms. The number of hydrogen-bond donors (Lipinski definition) is 1. The summed E-state index contributed by atoms with van der Waals surface area (Å²) >= 11 is 0. The van der Waals surface area contributed by atoms with Crippen LogP contribution in [-0.4, -0.2) is 11.7 Å². The Morgan fingerprint density at radius 3 is 3.00 bits per heavy atom. The van der Waals surface area contributed by atoms with Crippen LogP contribution in [0.3, 0.4) is 0 Å². The first-order valence-corrected chi connectivity index (χ1v) is 4.52. The molecule has 0 aromatic carbocycles. The molecule has 0 saturated heterocycles. The van der Waals surface area contributed by atoms with E-state index in [0.29, 0.717) is 12.4 Å². The van der Waals surface area contributed by atoms with Gasteiger partial charge in [-0.2, -0.15) is 0 Å². The van der Waals surface area contributed by atoms with E-state index in [0.717, 1.165) is 12.0 Å². The fourth-order valence-corrected chi connectivity index (χ4v) is 1.26. The van der Waals surface area contributed by atoms with Crippen molar-refractivity contribution >= 4 is 0 Å². The Morgan fingerprint density at radius 1 is 1.62 bits per heavy atom. The van der Waals surface area contributed by atoms with Crippen LogP contribution >= 0.6 is 0 Å². The molecule has 2 nitrogen and oxygen atoms in total. The number of rotatable bonds is 3. The normalized spacial score (nSPS) is 17.8. The Balaban J connectivity index is 2.86. The van der Waals surface area contributed by atoms with Gasteiger partial charge >= 0.3 is 0 Å². The van der Waals surface area contributed by atoms with Gasteiger partial charge in [0.25, 0.3) is 0 Å². The Bertz CT molecular complexity index is 259. The number of hydrogen-bond acceptors (Lipinski definition) is 2. The van der Waals surface area contributed by atoms with Gasteiger partial charge in [0.05, 0.1) is 6.61 Å². The summed E-state index contributed by atoms with van der Waals surface area (Å²) in [5, 5.41) is 9.52. The molecular formula is C11H15O2. The van der Waals surface area contributed by atoms with Gasteiger partial charge in [-0.05, 0) is 20.3 Å². The van der Waals surface area contributed by atoms with Gasteiger partial charge in [-0.1, -0.05) is 18.2 Å². The monoisotopic (exact) mass is 179 g/mol. The fourth-order valence-electron chi connectivity index (χ4n) is 1.26. The predicted octanol–water partition coefficient (Wildman–Crippen LogP) is 2.90. The molecule has 0 atom stereocenters. The summed E-state index contributed by atoms with van der Waals surface area (Å²) in [4.78, 5) is 0. The van der Waals surface area contributed by atoms with Gasteiger partial charge in [0.2, 0.25) is 0 Å². The molecule has 1 aliphatic carbocycles. The highest BCUT2D eigenvalue weighted by molar-refractivity contribution is 5.42. The number of ether oxygens (including phenoxy) is 1. The van der Waals surface area contributed by atoms with Crippen LogP contribution in [-0.2, 0) is 4.74 Å². The first-order chi connectivity index (χ1) is 6.29. The third-order valence-corrected chi connectivity index (χ3v) is 1.78. The van der Waals surface area contributed by atoms with E-state index >= 15 is 0 Å². The smallest absolute Gasteiger partial charge is 0.163 e. The molecule has 0 unspecified atom stereocenters. The zero-order valence-electron chi connectivity index (χ0n) is 8.08. The Morgan fingerprint density at radius 2 is 2.38 bits per heavy atom. The predicted molar refractivity (Wildman–Crippen MR) is 53.1 cm³/mol. The summed E-state index contributed by atoms with van der Waals surface area (Å²) in [6.07, 6.45) is 8.42. The summed E-state index contributed by atoms with van der Waals surface area (Å²) < 4.78 is 5.34. The van der Waals surface area contributed by atoms with E-state index in [1.54, 1.807) is 6.42 Å². The number of aliphatic hydroxyl groups is 1. The quantitative estimate of drug-likeness (QED) is 0.721. The highest BCUT2D eigenvalue weighted by Gasteiger charge is 2.14. The van der Waals surface area contributed by atoms with Crippen LogP contribution < -0.4 is 0 Å². The van der Waals surface area contributed by atoms with E-state index in [-0.39, 0.29) is 5.76 Å². The maximum Gasteiger partial charge on any atom is 0.163 e. The van der Waals surface area contributed by atoms with Crippen molar-refractivity contribution in [1.29, 1.82) is 0 Å². The topological polar surface area (TPSA) is 29.5 Å². The molecule has 13 heavy (non-hydrogen) atoms. The van der Waals surface area contributed by atoms with Crippen LogP contribution in [0.25, 0.3) is 0 Å². The van der Waals surface area contributed by atoms with E-state index in [4.69, 9.17) is 4.74 Å². The van der Waals surface area contributed by atoms with E-state index in [1.807, 2.05) is 32.1 Å². The summed E-state index contributed by atoms with van der Waals surface area (Å²) in [6.45, 7) is 4.42. The van der Waals surface area contributed by atoms with Gasteiger partial charge in [-0.3, -0.25) is 0 Å². The maximum atomic E-state index is 9.52. The molecule has 0 amide bonds. The minimum atomic E-state index is 0.248. The van der Waals surface area contributed by atoms with Crippen LogP contribution in [0.1, 0.15) is 20.3 Å². The standard InChI is InChI=1S/C11H15O2/c1-3-6-9-7-5-8-10(12)11(9)13-4-2/h3,6-8,12H,4-5H2,1-2H3. The van der Waals surface area contributed by atoms with Gasteiger partial charge in [0.15, 0.2) is 5.76 Å². The lowest BCUT2D eigenvalue weighted by Crippen LogP contribution is -2.04. The molecule has 0 heterocycles. The van der Waals surface area contributed by atoms with Gasteiger partial charge in [-0.15, -0.1) is 0 Å². The van der Waals surface area contributed by atoms with Gasteiger partial charge in [0, 0.05) is 12.0 Å². The lowest BCUT2D eigenvalue weighted by Gasteiger charge is -2.15. The van der Waals surface area contributed by atoms with Crippen LogP contribution in [0.5, 0.6) is 0 Å². The zero-order valence-corrected chi connectivity index (χ0v) is 8.08. The van der Waals surface area contributed by atoms with Crippen molar-refractivity contribution in [2.24, 2.45) is 0 Å². The lowest BCUT2D eigenvalue weighted by atomic mass is 10.0. The van der Waals surface area contributed by atoms with Crippen molar-refractivity contribution in [2.75, 3.05) is 6.61 Å². The highest BCUT2D eigenvalue weighted by Crippen LogP contribution is 2.24. The summed E-state index contributed by atoms with van der Waals surface area (Å²) in [6, 6.07) is 0. The third-order valence-electron chi connectivity index (χ3n) is 1.78. The van der Waals surface area contributed by atoms with E-state index in [2.05, 4.69) is 0 Å². The second kappa shape index (κ2) is 4.75. The Kier molecular flexibility index (Phi) is 3.62. The molecule has 0 aromatic heterocycles. The molecular weight excluding hydrogens is 164 g/mol. The van der Waals surface area contributed by atoms with Crippen molar-refractivity contribution in [3.8, 4) is 0 Å². The average Bonchev–Trinajstić information content (AvgIpc) is 2.11. The molecule has 1 radical (unpaired) electrons. The van der Waals surface area contributed by atoms with Crippen molar-refractivity contribution < 1.29 is 9.84 Å². The maximum absolute atomic E-state index is 9.52. The molecule has 1 rings (SSSR count). The highest BCUT2D eigenvalue weighted by atomic mass is 16.5. The largest absolute Gasteiger partial charge is 0.508 e. The molecule has 71 valence electrons. The zero-order chi connectivity index (χ0) is 9.68. The van der Waals surface area contributed by atoms with Crippen LogP contribution in [0.2, 0.25) is 0 Å². The third kappa shape index (κ3) is 2.38. The second-order valence-corrected chi connectivity index (χ2v) is 2.75. The van der Waals surface area contributed by atoms with E-state index < -0.39 is 0 Å². The Labute approximate surface area is 79.2 Å². The number of allylic oxidation sites excluding steroid dienone is 4. The molecule has 2 heteroatoms. The minimum Gasteiger partial charge on any atom is -0.508 e. The molecule has 1 N–H and O–H groups in total. The van der Waals surface area contributed by atoms with Crippen molar-refractivity contribution in [1.82, 2.24) is 0 Å². The molecule has 0 fully saturated rings. The molecule has 1 aliphatic rings. The summed E-state index contributed by atoms with van der Waals surface area (Å²) in [5.74, 6) is 0.837.